The second kappa shape index (κ2) is 7.34. The number of anilines is 2. The topological polar surface area (TPSA) is 48.9 Å². The van der Waals surface area contributed by atoms with Gasteiger partial charge in [-0.05, 0) is 31.5 Å². The fourth-order valence-corrected chi connectivity index (χ4v) is 4.42. The zero-order valence-electron chi connectivity index (χ0n) is 15.0. The Balaban J connectivity index is 1.73. The van der Waals surface area contributed by atoms with Gasteiger partial charge in [0.1, 0.15) is 22.3 Å². The maximum Gasteiger partial charge on any atom is 0.148 e. The number of nitrogens with zero attached hydrogens (tertiary/aromatic N) is 2. The Bertz CT molecular complexity index is 835. The summed E-state index contributed by atoms with van der Waals surface area (Å²) >= 11 is 1.64. The van der Waals surface area contributed by atoms with Crippen molar-refractivity contribution >= 4 is 33.5 Å². The number of ether oxygens (including phenoxy) is 1. The number of aryl methyl sites for hydroxylation is 1. The van der Waals surface area contributed by atoms with E-state index in [0.29, 0.717) is 17.4 Å². The Morgan fingerprint density at radius 3 is 3.15 bits per heavy atom. The number of hydrogen-bond acceptors (Lipinski definition) is 6. The van der Waals surface area contributed by atoms with Gasteiger partial charge in [0.2, 0.25) is 0 Å². The number of para-hydroxylation sites is 1. The molecular weight excluding hydrogens is 351 g/mol. The molecule has 0 amide bonds. The highest BCUT2D eigenvalue weighted by Crippen LogP contribution is 2.40. The molecule has 3 heterocycles. The Labute approximate surface area is 156 Å². The summed E-state index contributed by atoms with van der Waals surface area (Å²) in [6.45, 7) is 5.44. The number of rotatable bonds is 3. The molecule has 0 spiro atoms. The minimum Gasteiger partial charge on any atom is -0.385 e. The van der Waals surface area contributed by atoms with Crippen LogP contribution in [0.25, 0.3) is 0 Å². The predicted molar refractivity (Wildman–Crippen MR) is 105 cm³/mol. The van der Waals surface area contributed by atoms with Crippen LogP contribution in [-0.4, -0.2) is 50.1 Å². The average molecular weight is 374 g/mol. The molecule has 2 N–H and O–H groups in total. The van der Waals surface area contributed by atoms with Crippen LogP contribution in [0, 0.1) is 12.7 Å². The monoisotopic (exact) mass is 374 g/mol. The van der Waals surface area contributed by atoms with Gasteiger partial charge in [0.05, 0.1) is 11.3 Å². The van der Waals surface area contributed by atoms with E-state index < -0.39 is 0 Å². The van der Waals surface area contributed by atoms with Gasteiger partial charge in [0.15, 0.2) is 0 Å². The normalized spacial score (nSPS) is 19.3. The summed E-state index contributed by atoms with van der Waals surface area (Å²) in [5.74, 6) is 0.646. The number of nitrogens with one attached hydrogen (secondary N) is 2. The third kappa shape index (κ3) is 3.34. The van der Waals surface area contributed by atoms with Gasteiger partial charge in [-0.25, -0.2) is 9.38 Å². The molecule has 4 rings (SSSR count). The summed E-state index contributed by atoms with van der Waals surface area (Å²) in [6, 6.07) is 7.54. The summed E-state index contributed by atoms with van der Waals surface area (Å²) in [5.41, 5.74) is 2.15. The van der Waals surface area contributed by atoms with E-state index >= 15 is 0 Å². The van der Waals surface area contributed by atoms with Crippen molar-refractivity contribution in [1.29, 1.82) is 0 Å². The fraction of sp³-hybridized carbons (Fsp3) is 0.421. The van der Waals surface area contributed by atoms with E-state index in [1.165, 1.54) is 10.9 Å². The van der Waals surface area contributed by atoms with Gasteiger partial charge in [-0.15, -0.1) is 11.3 Å². The number of halogens is 1. The van der Waals surface area contributed by atoms with Crippen LogP contribution in [0.15, 0.2) is 29.3 Å². The van der Waals surface area contributed by atoms with Crippen LogP contribution in [0.1, 0.15) is 16.9 Å². The highest BCUT2D eigenvalue weighted by atomic mass is 32.1. The van der Waals surface area contributed by atoms with Crippen molar-refractivity contribution in [2.75, 3.05) is 38.7 Å². The molecule has 2 aliphatic rings. The highest BCUT2D eigenvalue weighted by molar-refractivity contribution is 7.16. The number of hydrogen-bond donors (Lipinski definition) is 2. The molecule has 1 aromatic heterocycles. The van der Waals surface area contributed by atoms with Gasteiger partial charge >= 0.3 is 0 Å². The van der Waals surface area contributed by atoms with Crippen LogP contribution >= 0.6 is 11.3 Å². The molecule has 1 aromatic carbocycles. The number of thiophene rings is 1. The molecule has 0 saturated carbocycles. The molecule has 1 unspecified atom stereocenters. The molecule has 138 valence electrons. The van der Waals surface area contributed by atoms with Crippen molar-refractivity contribution in [2.45, 2.75) is 19.4 Å². The zero-order valence-corrected chi connectivity index (χ0v) is 15.8. The molecule has 1 atom stereocenters. The number of benzene rings is 1. The van der Waals surface area contributed by atoms with Crippen molar-refractivity contribution in [3.05, 3.63) is 40.5 Å². The smallest absolute Gasteiger partial charge is 0.148 e. The van der Waals surface area contributed by atoms with E-state index in [9.17, 15) is 4.39 Å². The Kier molecular flexibility index (Phi) is 4.93. The summed E-state index contributed by atoms with van der Waals surface area (Å²) in [6.07, 6.45) is 0.958. The lowest BCUT2D eigenvalue weighted by Gasteiger charge is -2.35. The van der Waals surface area contributed by atoms with Crippen molar-refractivity contribution < 1.29 is 9.13 Å². The maximum absolute atomic E-state index is 14.4. The standard InChI is InChI=1S/C19H23FN4OS/c1-12-10-14-18(24-8-7-21-13(11-24)6-9-25-2)22-16-5-3-4-15(20)17(16)23-19(14)26-12/h3-5,10,13,21,23H,6-9,11H2,1-2H3. The Morgan fingerprint density at radius 2 is 2.31 bits per heavy atom. The third-order valence-electron chi connectivity index (χ3n) is 4.78. The lowest BCUT2D eigenvalue weighted by Crippen LogP contribution is -2.53. The summed E-state index contributed by atoms with van der Waals surface area (Å²) in [4.78, 5) is 8.37. The predicted octanol–water partition coefficient (Wildman–Crippen LogP) is 3.64. The van der Waals surface area contributed by atoms with Gasteiger partial charge in [-0.1, -0.05) is 6.07 Å². The van der Waals surface area contributed by atoms with Crippen molar-refractivity contribution in [2.24, 2.45) is 4.99 Å². The average Bonchev–Trinajstić information content (AvgIpc) is 2.93. The molecule has 26 heavy (non-hydrogen) atoms. The molecule has 5 nitrogen and oxygen atoms in total. The molecule has 0 aliphatic carbocycles. The first-order valence-corrected chi connectivity index (χ1v) is 9.69. The first-order valence-electron chi connectivity index (χ1n) is 8.88. The molecule has 2 aliphatic heterocycles. The molecule has 2 aromatic rings. The van der Waals surface area contributed by atoms with Gasteiger partial charge in [-0.2, -0.15) is 0 Å². The largest absolute Gasteiger partial charge is 0.385 e. The van der Waals surface area contributed by atoms with Crippen LogP contribution in [0.5, 0.6) is 0 Å². The van der Waals surface area contributed by atoms with Crippen LogP contribution in [-0.2, 0) is 4.74 Å². The van der Waals surface area contributed by atoms with E-state index in [-0.39, 0.29) is 5.82 Å². The van der Waals surface area contributed by atoms with Crippen molar-refractivity contribution in [3.63, 3.8) is 0 Å². The number of amidine groups is 1. The SMILES string of the molecule is COCCC1CN(C2=Nc3cccc(F)c3Nc3sc(C)cc32)CCN1. The summed E-state index contributed by atoms with van der Waals surface area (Å²) in [5, 5.41) is 7.78. The second-order valence-electron chi connectivity index (χ2n) is 6.67. The van der Waals surface area contributed by atoms with Crippen LogP contribution < -0.4 is 10.6 Å². The molecular formula is C19H23FN4OS. The van der Waals surface area contributed by atoms with E-state index in [2.05, 4.69) is 28.5 Å². The first-order chi connectivity index (χ1) is 12.7. The van der Waals surface area contributed by atoms with Gasteiger partial charge in [0.25, 0.3) is 0 Å². The van der Waals surface area contributed by atoms with Gasteiger partial charge in [-0.3, -0.25) is 0 Å². The van der Waals surface area contributed by atoms with E-state index in [1.54, 1.807) is 24.5 Å². The van der Waals surface area contributed by atoms with Crippen molar-refractivity contribution in [1.82, 2.24) is 10.2 Å². The number of aliphatic imine (C=N–C) groups is 1. The Hall–Kier alpha value is -1.96. The van der Waals surface area contributed by atoms with E-state index in [1.807, 2.05) is 6.07 Å². The molecule has 1 saturated heterocycles. The van der Waals surface area contributed by atoms with Gasteiger partial charge in [0, 0.05) is 44.3 Å². The number of piperazine rings is 1. The van der Waals surface area contributed by atoms with Gasteiger partial charge < -0.3 is 20.3 Å². The van der Waals surface area contributed by atoms with E-state index in [4.69, 9.17) is 9.73 Å². The molecule has 1 fully saturated rings. The summed E-state index contributed by atoms with van der Waals surface area (Å²) in [7, 11) is 1.73. The summed E-state index contributed by atoms with van der Waals surface area (Å²) < 4.78 is 19.6. The Morgan fingerprint density at radius 1 is 1.42 bits per heavy atom. The highest BCUT2D eigenvalue weighted by Gasteiger charge is 2.28. The molecule has 0 bridgehead atoms. The molecule has 7 heteroatoms. The van der Waals surface area contributed by atoms with Crippen LogP contribution in [0.3, 0.4) is 0 Å². The van der Waals surface area contributed by atoms with Crippen LogP contribution in [0.2, 0.25) is 0 Å². The van der Waals surface area contributed by atoms with E-state index in [0.717, 1.165) is 49.1 Å². The lowest BCUT2D eigenvalue weighted by molar-refractivity contribution is 0.168. The minimum absolute atomic E-state index is 0.275. The lowest BCUT2D eigenvalue weighted by atomic mass is 10.1. The third-order valence-corrected chi connectivity index (χ3v) is 5.74. The number of fused-ring (bicyclic) bond motifs is 2. The number of methoxy groups -OCH3 is 1. The fourth-order valence-electron chi connectivity index (χ4n) is 3.50. The first kappa shape index (κ1) is 17.5. The molecule has 0 radical (unpaired) electrons. The second-order valence-corrected chi connectivity index (χ2v) is 7.93. The zero-order chi connectivity index (χ0) is 18.1. The van der Waals surface area contributed by atoms with Crippen LogP contribution in [0.4, 0.5) is 20.8 Å². The minimum atomic E-state index is -0.275. The quantitative estimate of drug-likeness (QED) is 0.861. The van der Waals surface area contributed by atoms with Crippen molar-refractivity contribution in [3.8, 4) is 0 Å². The maximum atomic E-state index is 14.4.